The van der Waals surface area contributed by atoms with Crippen LogP contribution in [-0.4, -0.2) is 41.1 Å². The SMILES string of the molecule is CO[Se][Se]OC. The Morgan fingerprint density at radius 2 is 1.33 bits per heavy atom. The second-order valence-electron chi connectivity index (χ2n) is 0.469. The predicted molar refractivity (Wildman–Crippen MR) is 25.5 cm³/mol. The zero-order chi connectivity index (χ0) is 4.83. The summed E-state index contributed by atoms with van der Waals surface area (Å²) in [6.07, 6.45) is 0. The average Bonchev–Trinajstić information content (AvgIpc) is 1.61. The van der Waals surface area contributed by atoms with E-state index in [1.54, 1.807) is 14.2 Å². The Balaban J connectivity index is 2.34. The van der Waals surface area contributed by atoms with Crippen molar-refractivity contribution in [2.75, 3.05) is 14.2 Å². The Hall–Kier alpha value is 0.959. The van der Waals surface area contributed by atoms with Gasteiger partial charge in [-0.15, -0.1) is 0 Å². The molecule has 0 rings (SSSR count). The molecule has 0 aromatic rings. The molecule has 0 saturated heterocycles. The molecule has 0 bridgehead atoms. The molecule has 0 fully saturated rings. The molecule has 0 aliphatic rings. The third kappa shape index (κ3) is 4.96. The van der Waals surface area contributed by atoms with E-state index in [0.29, 0.717) is 26.9 Å². The van der Waals surface area contributed by atoms with Crippen LogP contribution in [0.4, 0.5) is 0 Å². The summed E-state index contributed by atoms with van der Waals surface area (Å²) in [4.78, 5) is 0. The van der Waals surface area contributed by atoms with Crippen LogP contribution in [0, 0.1) is 0 Å². The van der Waals surface area contributed by atoms with Gasteiger partial charge in [-0.25, -0.2) is 0 Å². The zero-order valence-corrected chi connectivity index (χ0v) is 7.06. The Kier molecular flexibility index (Phi) is 6.91. The summed E-state index contributed by atoms with van der Waals surface area (Å²) < 4.78 is 9.50. The van der Waals surface area contributed by atoms with Crippen molar-refractivity contribution in [1.82, 2.24) is 0 Å². The molecule has 0 aliphatic heterocycles. The van der Waals surface area contributed by atoms with Crippen LogP contribution in [0.1, 0.15) is 0 Å². The van der Waals surface area contributed by atoms with Crippen molar-refractivity contribution in [3.63, 3.8) is 0 Å². The van der Waals surface area contributed by atoms with Crippen molar-refractivity contribution < 1.29 is 7.64 Å². The molecule has 6 heavy (non-hydrogen) atoms. The summed E-state index contributed by atoms with van der Waals surface area (Å²) in [5, 5.41) is 0. The molecule has 38 valence electrons. The number of hydrogen-bond acceptors (Lipinski definition) is 2. The topological polar surface area (TPSA) is 18.5 Å². The summed E-state index contributed by atoms with van der Waals surface area (Å²) >= 11 is 0.615. The van der Waals surface area contributed by atoms with Gasteiger partial charge in [-0.3, -0.25) is 0 Å². The van der Waals surface area contributed by atoms with Crippen LogP contribution in [0.25, 0.3) is 0 Å². The molecule has 4 heteroatoms. The van der Waals surface area contributed by atoms with Gasteiger partial charge in [0.15, 0.2) is 0 Å². The second kappa shape index (κ2) is 5.96. The van der Waals surface area contributed by atoms with Crippen molar-refractivity contribution in [1.29, 1.82) is 0 Å². The summed E-state index contributed by atoms with van der Waals surface area (Å²) in [7, 11) is 3.39. The fraction of sp³-hybridized carbons (Fsp3) is 1.00. The van der Waals surface area contributed by atoms with Crippen molar-refractivity contribution in [3.8, 4) is 0 Å². The van der Waals surface area contributed by atoms with E-state index in [9.17, 15) is 0 Å². The summed E-state index contributed by atoms with van der Waals surface area (Å²) in [5.74, 6) is 0. The first-order chi connectivity index (χ1) is 2.91. The van der Waals surface area contributed by atoms with Gasteiger partial charge in [-0.2, -0.15) is 0 Å². The van der Waals surface area contributed by atoms with Crippen LogP contribution in [0.2, 0.25) is 0 Å². The molecule has 0 aromatic carbocycles. The van der Waals surface area contributed by atoms with Crippen molar-refractivity contribution >= 4 is 26.9 Å². The minimum absolute atomic E-state index is 0.307. The third-order valence-electron chi connectivity index (χ3n) is 0.164. The predicted octanol–water partition coefficient (Wildman–Crippen LogP) is -0.567. The van der Waals surface area contributed by atoms with Gasteiger partial charge in [0.25, 0.3) is 0 Å². The maximum absolute atomic E-state index is 4.75. The van der Waals surface area contributed by atoms with Crippen molar-refractivity contribution in [3.05, 3.63) is 0 Å². The van der Waals surface area contributed by atoms with Crippen LogP contribution >= 0.6 is 0 Å². The molecule has 2 nitrogen and oxygen atoms in total. The van der Waals surface area contributed by atoms with Crippen LogP contribution in [0.5, 0.6) is 0 Å². The molecule has 0 N–H and O–H groups in total. The van der Waals surface area contributed by atoms with Gasteiger partial charge in [0, 0.05) is 0 Å². The van der Waals surface area contributed by atoms with Gasteiger partial charge in [-0.05, 0) is 0 Å². The molecule has 0 aromatic heterocycles. The molecule has 0 unspecified atom stereocenters. The molecule has 0 saturated carbocycles. The Morgan fingerprint density at radius 3 is 1.50 bits per heavy atom. The number of rotatable bonds is 3. The van der Waals surface area contributed by atoms with E-state index in [4.69, 9.17) is 7.64 Å². The molecular weight excluding hydrogens is 214 g/mol. The Labute approximate surface area is 49.1 Å². The quantitative estimate of drug-likeness (QED) is 0.468. The fourth-order valence-electron chi connectivity index (χ4n) is 0.0556. The Morgan fingerprint density at radius 1 is 1.00 bits per heavy atom. The van der Waals surface area contributed by atoms with E-state index in [1.165, 1.54) is 0 Å². The summed E-state index contributed by atoms with van der Waals surface area (Å²) in [6.45, 7) is 0. The first kappa shape index (κ1) is 6.96. The first-order valence-corrected chi connectivity index (χ1v) is 7.05. The van der Waals surface area contributed by atoms with E-state index in [-0.39, 0.29) is 0 Å². The van der Waals surface area contributed by atoms with Crippen LogP contribution in [-0.2, 0) is 7.64 Å². The van der Waals surface area contributed by atoms with E-state index < -0.39 is 0 Å². The van der Waals surface area contributed by atoms with Crippen LogP contribution < -0.4 is 0 Å². The first-order valence-electron chi connectivity index (χ1n) is 1.32. The van der Waals surface area contributed by atoms with Gasteiger partial charge in [0.1, 0.15) is 0 Å². The summed E-state index contributed by atoms with van der Waals surface area (Å²) in [5.41, 5.74) is 0. The number of hydrogen-bond donors (Lipinski definition) is 0. The molecule has 0 amide bonds. The Bertz CT molecular complexity index is 21.5. The van der Waals surface area contributed by atoms with E-state index in [2.05, 4.69) is 0 Å². The standard InChI is InChI=1S/C2H6O2Se2/c1-3-5-6-4-2/h1-2H3. The van der Waals surface area contributed by atoms with Gasteiger partial charge in [0.05, 0.1) is 0 Å². The van der Waals surface area contributed by atoms with Gasteiger partial charge < -0.3 is 0 Å². The minimum atomic E-state index is 0.307. The third-order valence-corrected chi connectivity index (χ3v) is 4.42. The van der Waals surface area contributed by atoms with Crippen LogP contribution in [0.3, 0.4) is 0 Å². The van der Waals surface area contributed by atoms with Gasteiger partial charge >= 0.3 is 48.8 Å². The monoisotopic (exact) mass is 222 g/mol. The van der Waals surface area contributed by atoms with Crippen LogP contribution in [0.15, 0.2) is 0 Å². The van der Waals surface area contributed by atoms with E-state index in [0.717, 1.165) is 0 Å². The van der Waals surface area contributed by atoms with Crippen molar-refractivity contribution in [2.24, 2.45) is 0 Å². The normalized spacial score (nSPS) is 9.00. The van der Waals surface area contributed by atoms with Gasteiger partial charge in [0.2, 0.25) is 0 Å². The van der Waals surface area contributed by atoms with E-state index in [1.807, 2.05) is 0 Å². The molecule has 0 aliphatic carbocycles. The average molecular weight is 220 g/mol. The van der Waals surface area contributed by atoms with Gasteiger partial charge in [-0.1, -0.05) is 0 Å². The molecule has 0 atom stereocenters. The van der Waals surface area contributed by atoms with Crippen molar-refractivity contribution in [2.45, 2.75) is 0 Å². The van der Waals surface area contributed by atoms with E-state index >= 15 is 0 Å². The maximum atomic E-state index is 4.75. The fourth-order valence-corrected chi connectivity index (χ4v) is 1.50. The summed E-state index contributed by atoms with van der Waals surface area (Å²) in [6, 6.07) is 0. The zero-order valence-electron chi connectivity index (χ0n) is 3.63. The molecule has 0 radical (unpaired) electrons. The molecule has 0 heterocycles. The second-order valence-corrected chi connectivity index (χ2v) is 5.41. The molecule has 0 spiro atoms. The molecular formula is C2H6O2Se2.